The summed E-state index contributed by atoms with van der Waals surface area (Å²) >= 11 is 2.20. The van der Waals surface area contributed by atoms with E-state index >= 15 is 0 Å². The van der Waals surface area contributed by atoms with Crippen LogP contribution in [0.15, 0.2) is 314 Å². The second kappa shape index (κ2) is 33.2. The number of hydrogen-bond donors (Lipinski definition) is 0. The summed E-state index contributed by atoms with van der Waals surface area (Å²) in [4.78, 5) is 16.6. The van der Waals surface area contributed by atoms with Gasteiger partial charge in [0.15, 0.2) is 24.8 Å². The van der Waals surface area contributed by atoms with Crippen molar-refractivity contribution < 1.29 is 22.8 Å². The maximum Gasteiger partial charge on any atom is 0.212 e. The van der Waals surface area contributed by atoms with Gasteiger partial charge in [0, 0.05) is 122 Å². The van der Waals surface area contributed by atoms with Crippen LogP contribution in [0.5, 0.6) is 0 Å². The van der Waals surface area contributed by atoms with Crippen molar-refractivity contribution in [1.82, 2.24) is 0 Å². The average Bonchev–Trinajstić information content (AvgIpc) is 0.720. The second-order valence-corrected chi connectivity index (χ2v) is 40.9. The Morgan fingerprint density at radius 1 is 0.300 bits per heavy atom. The van der Waals surface area contributed by atoms with Gasteiger partial charge >= 0.3 is 143 Å². The van der Waals surface area contributed by atoms with Crippen molar-refractivity contribution in [3.05, 3.63) is 343 Å². The van der Waals surface area contributed by atoms with Gasteiger partial charge in [0.1, 0.15) is 36.3 Å². The fourth-order valence-electron chi connectivity index (χ4n) is 18.6. The zero-order valence-corrected chi connectivity index (χ0v) is 76.6. The number of para-hydroxylation sites is 6. The summed E-state index contributed by atoms with van der Waals surface area (Å²) in [6.45, 7) is 20.8. The first kappa shape index (κ1) is 81.6. The molecule has 0 aliphatic carbocycles. The fraction of sp³-hybridized carbons (Fsp3) is 0.198. The van der Waals surface area contributed by atoms with E-state index in [9.17, 15) is 0 Å². The Morgan fingerprint density at radius 2 is 0.667 bits per heavy atom. The maximum absolute atomic E-state index is 2.49. The quantitative estimate of drug-likeness (QED) is 0.126. The Morgan fingerprint density at radius 3 is 1.24 bits per heavy atom. The van der Waals surface area contributed by atoms with Crippen LogP contribution in [0.4, 0.5) is 68.2 Å². The molecule has 5 aromatic heterocycles. The first-order valence-electron chi connectivity index (χ1n) is 41.5. The Labute approximate surface area is 722 Å². The van der Waals surface area contributed by atoms with Crippen LogP contribution in [0, 0.1) is 34.6 Å². The van der Waals surface area contributed by atoms with Crippen molar-refractivity contribution in [3.63, 3.8) is 0 Å². The summed E-state index contributed by atoms with van der Waals surface area (Å²) in [7, 11) is 21.8. The molecule has 20 rings (SSSR count). The van der Waals surface area contributed by atoms with E-state index in [4.69, 9.17) is 0 Å². The molecule has 0 fully saturated rings. The van der Waals surface area contributed by atoms with E-state index in [0.717, 1.165) is 0 Å². The summed E-state index contributed by atoms with van der Waals surface area (Å²) in [6.07, 6.45) is 10.6. The number of pyridine rings is 5. The minimum Gasteiger partial charge on any atom is -0.345 e. The molecule has 0 spiro atoms. The van der Waals surface area contributed by atoms with Gasteiger partial charge in [-0.05, 0) is 151 Å². The zero-order valence-electron chi connectivity index (χ0n) is 73.1. The number of aromatic nitrogens is 5. The van der Waals surface area contributed by atoms with Crippen LogP contribution in [0.2, 0.25) is 13.1 Å². The Bertz CT molecular complexity index is 6180. The molecule has 0 amide bonds. The van der Waals surface area contributed by atoms with E-state index in [1.54, 1.807) is 5.19 Å². The smallest absolute Gasteiger partial charge is 0.212 e. The van der Waals surface area contributed by atoms with Crippen LogP contribution in [-0.4, -0.2) is 65.3 Å². The molecule has 10 aromatic carbocycles. The number of rotatable bonds is 5. The molecule has 10 heterocycles. The van der Waals surface area contributed by atoms with Crippen LogP contribution in [0.3, 0.4) is 0 Å². The van der Waals surface area contributed by atoms with Crippen LogP contribution in [-0.2, 0) is 40.7 Å². The van der Waals surface area contributed by atoms with Crippen LogP contribution >= 0.6 is 11.8 Å². The minimum absolute atomic E-state index is 0.0529. The first-order valence-corrected chi connectivity index (χ1v) is 47.0. The van der Waals surface area contributed by atoms with E-state index in [1.165, 1.54) is 187 Å². The summed E-state index contributed by atoms with van der Waals surface area (Å²) in [6, 6.07) is 98.3. The number of anilines is 12. The predicted molar refractivity (Wildman–Crippen MR) is 508 cm³/mol. The van der Waals surface area contributed by atoms with E-state index in [-0.39, 0.29) is 5.41 Å². The minimum atomic E-state index is -1.81. The van der Waals surface area contributed by atoms with Gasteiger partial charge in [0.25, 0.3) is 0 Å². The summed E-state index contributed by atoms with van der Waals surface area (Å²) in [5, 5.41) is 3.07. The van der Waals surface area contributed by atoms with Gasteiger partial charge in [-0.2, -0.15) is 0 Å². The van der Waals surface area contributed by atoms with Crippen molar-refractivity contribution in [1.29, 1.82) is 0 Å². The van der Waals surface area contributed by atoms with Gasteiger partial charge in [-0.1, -0.05) is 124 Å². The molecule has 0 saturated heterocycles. The van der Waals surface area contributed by atoms with Crippen LogP contribution in [0.25, 0.3) is 56.3 Å². The molecule has 14 heteroatoms. The van der Waals surface area contributed by atoms with Crippen molar-refractivity contribution in [2.45, 2.75) is 76.8 Å². The second-order valence-electron chi connectivity index (χ2n) is 33.4. The normalized spacial score (nSPS) is 13.6. The van der Waals surface area contributed by atoms with E-state index in [0.29, 0.717) is 15.0 Å². The molecule has 11 nitrogen and oxygen atoms in total. The van der Waals surface area contributed by atoms with Gasteiger partial charge in [-0.3, -0.25) is 0 Å². The monoisotopic (exact) mass is 1680 g/mol. The molecule has 600 valence electrons. The molecule has 0 bridgehead atoms. The molecule has 0 unspecified atom stereocenters. The number of aryl methyl sites for hydroxylation is 10. The fourth-order valence-corrected chi connectivity index (χ4v) is 26.3. The van der Waals surface area contributed by atoms with Gasteiger partial charge in [-0.15, -0.1) is 0 Å². The Hall–Kier alpha value is -12.2. The molecule has 0 saturated carbocycles. The molecule has 0 atom stereocenters. The van der Waals surface area contributed by atoms with Crippen LogP contribution < -0.4 is 71.5 Å². The van der Waals surface area contributed by atoms with Gasteiger partial charge in [0.2, 0.25) is 22.8 Å². The summed E-state index contributed by atoms with van der Waals surface area (Å²) in [5.74, 6) is 0. The zero-order chi connectivity index (χ0) is 84.3. The molecule has 120 heavy (non-hydrogen) atoms. The molecule has 5 aliphatic rings. The predicted octanol–water partition coefficient (Wildman–Crippen LogP) is 19.6. The third-order valence-electron chi connectivity index (χ3n) is 25.1. The van der Waals surface area contributed by atoms with Gasteiger partial charge < -0.3 is 24.5 Å². The summed E-state index contributed by atoms with van der Waals surface area (Å²) in [5.41, 5.74) is 38.0. The summed E-state index contributed by atoms with van der Waals surface area (Å²) < 4.78 is 14.0. The van der Waals surface area contributed by atoms with Crippen molar-refractivity contribution in [2.75, 3.05) is 71.7 Å². The maximum atomic E-state index is 2.49. The number of fused-ring (bicyclic) bond motifs is 10. The molecular formula is C106H110N11SSeSi+5. The van der Waals surface area contributed by atoms with Crippen LogP contribution in [0.1, 0.15) is 52.8 Å². The van der Waals surface area contributed by atoms with Gasteiger partial charge in [0.05, 0.1) is 61.3 Å². The van der Waals surface area contributed by atoms with E-state index < -0.39 is 8.07 Å². The van der Waals surface area contributed by atoms with Crippen molar-refractivity contribution in [3.8, 4) is 56.3 Å². The average molecular weight is 1680 g/mol. The SMILES string of the molecule is Cc1ccc2c(c1-c1cccc[n+]1C)C(C)(C)c1ccccc1N2C.Cc1ccc2c(c1-c1cccc[n+]1C)N(C)c1ccccc1N2C.Cc1ccc2c(c1-c1cccc[n+]1C)Sc1ccccc1N2C.Cc1ccc2c(c1-c1cccc[n+]1C)[Se]c1ccccc1N2C.Cc1ccc2c(c1-c1cccc[n+]1C)[Si](C)(C)c1ccccc1N2C. The number of benzene rings is 10. The number of hydrogen-bond acceptors (Lipinski definition) is 7. The number of nitrogens with zero attached hydrogens (tertiary/aromatic N) is 11. The van der Waals surface area contributed by atoms with Gasteiger partial charge in [-0.25, -0.2) is 18.3 Å². The van der Waals surface area contributed by atoms with Crippen molar-refractivity contribution in [2.24, 2.45) is 35.2 Å². The molecule has 15 aromatic rings. The molecule has 0 radical (unpaired) electrons. The topological polar surface area (TPSA) is 38.8 Å². The largest absolute Gasteiger partial charge is 0.345 e. The van der Waals surface area contributed by atoms with E-state index in [1.807, 2.05) is 11.8 Å². The third kappa shape index (κ3) is 14.5. The molecule has 0 N–H and O–H groups in total. The van der Waals surface area contributed by atoms with E-state index in [2.05, 4.69) is 495 Å². The molecule has 5 aliphatic heterocycles. The molecular weight excluding hydrogens is 1570 g/mol. The first-order chi connectivity index (χ1) is 57.8. The van der Waals surface area contributed by atoms with Crippen molar-refractivity contribution >= 4 is 122 Å². The Balaban J connectivity index is 0.000000112. The third-order valence-corrected chi connectivity index (χ3v) is 32.3. The Kier molecular flexibility index (Phi) is 22.6. The standard InChI is InChI=1S/C23H25N2.C22H25N2Si.C21H22N3.C20H19N2S.C20H19N2Se/c1-16-13-14-20-22(21(16)19-12-8-9-15-24(19)4)23(2,3)17-10-6-7-11-18(17)25(20)5;1-16-13-14-19-22(21(16)18-11-8-9-15-23(18)2)25(4,5)20-12-7-6-10-17(20)24(19)3;1-15-12-13-19-21(20(15)18-11-7-8-14-22(18)2)24(4)17-10-6-5-9-16(17)23(19)3;2*1-14-11-12-17-20(19(14)16-9-6-7-13-21(16)2)23-18-10-5-4-8-15(18)22(17)3/h2*6-15H,1-5H3;5-14H,1-4H3;2*4-13H,1-3H3/q5*+1.